The number of carbonyl (C=O) groups excluding carboxylic acids is 2. The number of hydrogen-bond donors (Lipinski definition) is 0. The van der Waals surface area contributed by atoms with Crippen molar-refractivity contribution in [3.8, 4) is 16.9 Å². The molecule has 3 aromatic carbocycles. The number of carbonyl (C=O) groups is 2. The summed E-state index contributed by atoms with van der Waals surface area (Å²) in [5, 5.41) is 0. The Balaban J connectivity index is 1.51. The van der Waals surface area contributed by atoms with E-state index in [0.29, 0.717) is 11.3 Å². The molecule has 28 heavy (non-hydrogen) atoms. The quantitative estimate of drug-likeness (QED) is 0.441. The molecule has 0 heterocycles. The smallest absolute Gasteiger partial charge is 0.344 e. The Morgan fingerprint density at radius 3 is 2.18 bits per heavy atom. The molecular weight excluding hydrogens is 352 g/mol. The summed E-state index contributed by atoms with van der Waals surface area (Å²) >= 11 is 0. The second-order valence-corrected chi connectivity index (χ2v) is 6.58. The molecule has 3 aromatic rings. The second kappa shape index (κ2) is 9.00. The molecule has 0 aliphatic rings. The van der Waals surface area contributed by atoms with E-state index >= 15 is 0 Å². The Bertz CT molecular complexity index is 960. The number of esters is 1. The minimum absolute atomic E-state index is 0.232. The first-order valence-electron chi connectivity index (χ1n) is 9.07. The Morgan fingerprint density at radius 2 is 1.46 bits per heavy atom. The molecule has 0 bridgehead atoms. The first kappa shape index (κ1) is 19.4. The van der Waals surface area contributed by atoms with Crippen LogP contribution in [0.4, 0.5) is 0 Å². The van der Waals surface area contributed by atoms with E-state index in [1.54, 1.807) is 12.1 Å². The minimum atomic E-state index is -0.574. The van der Waals surface area contributed by atoms with Gasteiger partial charge in [0.05, 0.1) is 0 Å². The Hall–Kier alpha value is -3.40. The van der Waals surface area contributed by atoms with Gasteiger partial charge in [-0.05, 0) is 42.2 Å². The Morgan fingerprint density at radius 1 is 0.786 bits per heavy atom. The van der Waals surface area contributed by atoms with Crippen molar-refractivity contribution in [2.24, 2.45) is 0 Å². The highest BCUT2D eigenvalue weighted by Crippen LogP contribution is 2.20. The normalized spacial score (nSPS) is 10.4. The van der Waals surface area contributed by atoms with Crippen molar-refractivity contribution >= 4 is 11.8 Å². The number of aryl methyl sites for hydroxylation is 2. The molecule has 0 spiro atoms. The maximum Gasteiger partial charge on any atom is 0.344 e. The number of ketones is 1. The van der Waals surface area contributed by atoms with Crippen LogP contribution in [-0.2, 0) is 9.53 Å². The molecule has 3 rings (SSSR count). The molecule has 4 heteroatoms. The fourth-order valence-corrected chi connectivity index (χ4v) is 2.75. The molecule has 0 amide bonds. The van der Waals surface area contributed by atoms with E-state index in [9.17, 15) is 9.59 Å². The topological polar surface area (TPSA) is 52.6 Å². The third kappa shape index (κ3) is 5.07. The standard InChI is InChI=1S/C24H22O4/c1-17-8-9-18(2)23(14-17)27-16-24(26)28-15-22(25)21-12-10-20(11-13-21)19-6-4-3-5-7-19/h3-14H,15-16H2,1-2H3. The van der Waals surface area contributed by atoms with Gasteiger partial charge in [0.25, 0.3) is 0 Å². The van der Waals surface area contributed by atoms with Crippen LogP contribution in [0.15, 0.2) is 72.8 Å². The molecule has 142 valence electrons. The zero-order valence-electron chi connectivity index (χ0n) is 16.0. The fraction of sp³-hybridized carbons (Fsp3) is 0.167. The summed E-state index contributed by atoms with van der Waals surface area (Å²) in [4.78, 5) is 24.1. The molecule has 0 aliphatic carbocycles. The van der Waals surface area contributed by atoms with Crippen molar-refractivity contribution in [2.45, 2.75) is 13.8 Å². The molecule has 0 aromatic heterocycles. The minimum Gasteiger partial charge on any atom is -0.482 e. The van der Waals surface area contributed by atoms with Crippen LogP contribution in [-0.4, -0.2) is 25.0 Å². The second-order valence-electron chi connectivity index (χ2n) is 6.58. The van der Waals surface area contributed by atoms with Gasteiger partial charge in [-0.1, -0.05) is 66.7 Å². The van der Waals surface area contributed by atoms with Crippen LogP contribution in [0.3, 0.4) is 0 Å². The largest absolute Gasteiger partial charge is 0.482 e. The van der Waals surface area contributed by atoms with Gasteiger partial charge in [-0.2, -0.15) is 0 Å². The van der Waals surface area contributed by atoms with Crippen LogP contribution >= 0.6 is 0 Å². The van der Waals surface area contributed by atoms with Gasteiger partial charge in [-0.25, -0.2) is 4.79 Å². The van der Waals surface area contributed by atoms with E-state index in [1.807, 2.05) is 74.5 Å². The highest BCUT2D eigenvalue weighted by Gasteiger charge is 2.11. The SMILES string of the molecule is Cc1ccc(C)c(OCC(=O)OCC(=O)c2ccc(-c3ccccc3)cc2)c1. The number of ether oxygens (including phenoxy) is 2. The maximum absolute atomic E-state index is 12.3. The number of rotatable bonds is 7. The predicted molar refractivity (Wildman–Crippen MR) is 109 cm³/mol. The van der Waals surface area contributed by atoms with Gasteiger partial charge in [0.15, 0.2) is 19.0 Å². The van der Waals surface area contributed by atoms with Crippen LogP contribution < -0.4 is 4.74 Å². The lowest BCUT2D eigenvalue weighted by Gasteiger charge is -2.10. The van der Waals surface area contributed by atoms with Gasteiger partial charge in [0.2, 0.25) is 0 Å². The van der Waals surface area contributed by atoms with E-state index in [0.717, 1.165) is 22.3 Å². The highest BCUT2D eigenvalue weighted by molar-refractivity contribution is 5.98. The van der Waals surface area contributed by atoms with Gasteiger partial charge >= 0.3 is 5.97 Å². The first-order chi connectivity index (χ1) is 13.5. The lowest BCUT2D eigenvalue weighted by Crippen LogP contribution is -2.19. The molecule has 0 fully saturated rings. The summed E-state index contributed by atoms with van der Waals surface area (Å²) < 4.78 is 10.5. The van der Waals surface area contributed by atoms with E-state index in [-0.39, 0.29) is 19.0 Å². The van der Waals surface area contributed by atoms with Crippen LogP contribution in [0.5, 0.6) is 5.75 Å². The van der Waals surface area contributed by atoms with Crippen molar-refractivity contribution in [2.75, 3.05) is 13.2 Å². The predicted octanol–water partition coefficient (Wildman–Crippen LogP) is 4.78. The Labute approximate surface area is 164 Å². The van der Waals surface area contributed by atoms with E-state index in [1.165, 1.54) is 0 Å². The molecule has 0 atom stereocenters. The van der Waals surface area contributed by atoms with E-state index < -0.39 is 5.97 Å². The third-order valence-corrected chi connectivity index (χ3v) is 4.37. The molecule has 0 radical (unpaired) electrons. The van der Waals surface area contributed by atoms with Gasteiger partial charge in [0, 0.05) is 5.56 Å². The summed E-state index contributed by atoms with van der Waals surface area (Å²) in [7, 11) is 0. The average molecular weight is 374 g/mol. The first-order valence-corrected chi connectivity index (χ1v) is 9.07. The van der Waals surface area contributed by atoms with Crippen LogP contribution in [0.25, 0.3) is 11.1 Å². The van der Waals surface area contributed by atoms with Crippen molar-refractivity contribution in [3.05, 3.63) is 89.5 Å². The summed E-state index contributed by atoms with van der Waals surface area (Å²) in [6, 6.07) is 22.9. The van der Waals surface area contributed by atoms with Crippen molar-refractivity contribution in [1.29, 1.82) is 0 Å². The van der Waals surface area contributed by atoms with Gasteiger partial charge in [0.1, 0.15) is 5.75 Å². The van der Waals surface area contributed by atoms with Crippen LogP contribution in [0.1, 0.15) is 21.5 Å². The number of hydrogen-bond acceptors (Lipinski definition) is 4. The van der Waals surface area contributed by atoms with E-state index in [4.69, 9.17) is 9.47 Å². The highest BCUT2D eigenvalue weighted by atomic mass is 16.6. The zero-order valence-corrected chi connectivity index (χ0v) is 16.0. The maximum atomic E-state index is 12.3. The molecule has 0 saturated carbocycles. The van der Waals surface area contributed by atoms with E-state index in [2.05, 4.69) is 0 Å². The van der Waals surface area contributed by atoms with Gasteiger partial charge < -0.3 is 9.47 Å². The molecule has 0 N–H and O–H groups in total. The molecular formula is C24H22O4. The summed E-state index contributed by atoms with van der Waals surface area (Å²) in [6.45, 7) is 3.32. The van der Waals surface area contributed by atoms with Gasteiger partial charge in [-0.3, -0.25) is 4.79 Å². The molecule has 0 saturated heterocycles. The number of benzene rings is 3. The lowest BCUT2D eigenvalue weighted by molar-refractivity contribution is -0.144. The van der Waals surface area contributed by atoms with Crippen molar-refractivity contribution in [1.82, 2.24) is 0 Å². The van der Waals surface area contributed by atoms with Gasteiger partial charge in [-0.15, -0.1) is 0 Å². The van der Waals surface area contributed by atoms with Crippen LogP contribution in [0.2, 0.25) is 0 Å². The molecule has 0 aliphatic heterocycles. The molecule has 0 unspecified atom stereocenters. The summed E-state index contributed by atoms with van der Waals surface area (Å²) in [5.74, 6) is -0.186. The summed E-state index contributed by atoms with van der Waals surface area (Å²) in [6.07, 6.45) is 0. The number of Topliss-reactive ketones (excluding diaryl/α,β-unsaturated/α-hetero) is 1. The monoisotopic (exact) mass is 374 g/mol. The Kier molecular flexibility index (Phi) is 6.22. The van der Waals surface area contributed by atoms with Crippen molar-refractivity contribution in [3.63, 3.8) is 0 Å². The van der Waals surface area contributed by atoms with Crippen LogP contribution in [0, 0.1) is 13.8 Å². The third-order valence-electron chi connectivity index (χ3n) is 4.37. The van der Waals surface area contributed by atoms with Crippen molar-refractivity contribution < 1.29 is 19.1 Å². The zero-order chi connectivity index (χ0) is 19.9. The molecule has 4 nitrogen and oxygen atoms in total. The fourth-order valence-electron chi connectivity index (χ4n) is 2.75. The summed E-state index contributed by atoms with van der Waals surface area (Å²) in [5.41, 5.74) is 4.59. The lowest BCUT2D eigenvalue weighted by atomic mass is 10.0. The average Bonchev–Trinajstić information content (AvgIpc) is 2.73.